The number of nitrogens with one attached hydrogen (secondary N) is 2. The standard InChI is InChI=1S/C23H35N3O5/c1-4-29-20-13-17-7-10-25(15-18(17)14-21(20)30-5-2)16-22(27)24-19-8-11-26(12-9-19)23(28)31-6-3/h13-14,19H,4-12,15-16H2,1-3H3,(H,24,27)/p+1. The number of rotatable bonds is 8. The van der Waals surface area contributed by atoms with Crippen LogP contribution in [-0.2, 0) is 22.5 Å². The second-order valence-corrected chi connectivity index (χ2v) is 8.06. The molecule has 0 radical (unpaired) electrons. The van der Waals surface area contributed by atoms with Gasteiger partial charge in [0.05, 0.1) is 26.4 Å². The Morgan fingerprint density at radius 3 is 2.29 bits per heavy atom. The number of piperidine rings is 1. The fourth-order valence-electron chi connectivity index (χ4n) is 4.33. The first-order chi connectivity index (χ1) is 15.0. The maximum atomic E-state index is 12.6. The average molecular weight is 435 g/mol. The van der Waals surface area contributed by atoms with Crippen LogP contribution in [0.5, 0.6) is 11.5 Å². The van der Waals surface area contributed by atoms with Crippen LogP contribution in [0, 0.1) is 0 Å². The molecule has 0 aromatic heterocycles. The molecule has 0 aliphatic carbocycles. The van der Waals surface area contributed by atoms with Crippen molar-refractivity contribution in [3.8, 4) is 11.5 Å². The Hall–Kier alpha value is -2.48. The van der Waals surface area contributed by atoms with E-state index in [-0.39, 0.29) is 18.0 Å². The van der Waals surface area contributed by atoms with Gasteiger partial charge in [-0.3, -0.25) is 4.79 Å². The van der Waals surface area contributed by atoms with E-state index in [9.17, 15) is 9.59 Å². The Labute approximate surface area is 184 Å². The normalized spacial score (nSPS) is 18.8. The minimum Gasteiger partial charge on any atom is -0.490 e. The predicted molar refractivity (Wildman–Crippen MR) is 117 cm³/mol. The monoisotopic (exact) mass is 434 g/mol. The summed E-state index contributed by atoms with van der Waals surface area (Å²) in [6.07, 6.45) is 2.19. The van der Waals surface area contributed by atoms with E-state index in [1.807, 2.05) is 20.8 Å². The predicted octanol–water partition coefficient (Wildman–Crippen LogP) is 1.16. The second-order valence-electron chi connectivity index (χ2n) is 8.06. The van der Waals surface area contributed by atoms with Crippen molar-refractivity contribution >= 4 is 12.0 Å². The number of hydrogen-bond acceptors (Lipinski definition) is 5. The van der Waals surface area contributed by atoms with Gasteiger partial charge in [0, 0.05) is 31.1 Å². The van der Waals surface area contributed by atoms with Crippen LogP contribution in [0.1, 0.15) is 44.7 Å². The minimum atomic E-state index is -0.261. The van der Waals surface area contributed by atoms with E-state index in [2.05, 4.69) is 17.4 Å². The molecule has 1 atom stereocenters. The third-order valence-corrected chi connectivity index (χ3v) is 5.85. The quantitative estimate of drug-likeness (QED) is 0.642. The third-order valence-electron chi connectivity index (χ3n) is 5.85. The lowest BCUT2D eigenvalue weighted by Crippen LogP contribution is -3.13. The van der Waals surface area contributed by atoms with E-state index >= 15 is 0 Å². The van der Waals surface area contributed by atoms with Gasteiger partial charge in [0.1, 0.15) is 6.54 Å². The Kier molecular flexibility index (Phi) is 8.40. The van der Waals surface area contributed by atoms with Crippen LogP contribution in [0.2, 0.25) is 0 Å². The molecular formula is C23H36N3O5+. The molecule has 0 bridgehead atoms. The van der Waals surface area contributed by atoms with Crippen LogP contribution in [0.4, 0.5) is 4.79 Å². The van der Waals surface area contributed by atoms with Crippen molar-refractivity contribution < 1.29 is 28.7 Å². The van der Waals surface area contributed by atoms with Gasteiger partial charge < -0.3 is 29.3 Å². The molecule has 2 aliphatic heterocycles. The van der Waals surface area contributed by atoms with E-state index in [4.69, 9.17) is 14.2 Å². The van der Waals surface area contributed by atoms with Gasteiger partial charge in [-0.15, -0.1) is 0 Å². The van der Waals surface area contributed by atoms with E-state index in [0.29, 0.717) is 39.5 Å². The van der Waals surface area contributed by atoms with Crippen molar-refractivity contribution in [2.75, 3.05) is 46.0 Å². The van der Waals surface area contributed by atoms with Gasteiger partial charge in [0.25, 0.3) is 5.91 Å². The molecule has 2 aliphatic rings. The van der Waals surface area contributed by atoms with Crippen LogP contribution in [-0.4, -0.2) is 68.9 Å². The first kappa shape index (κ1) is 23.2. The number of ether oxygens (including phenoxy) is 3. The van der Waals surface area contributed by atoms with Crippen molar-refractivity contribution in [1.29, 1.82) is 0 Å². The van der Waals surface area contributed by atoms with Gasteiger partial charge in [-0.2, -0.15) is 0 Å². The summed E-state index contributed by atoms with van der Waals surface area (Å²) in [6, 6.07) is 4.29. The Balaban J connectivity index is 1.50. The molecule has 0 saturated carbocycles. The molecule has 2 N–H and O–H groups in total. The number of likely N-dealkylation sites (tertiary alicyclic amines) is 1. The van der Waals surface area contributed by atoms with Crippen LogP contribution in [0.3, 0.4) is 0 Å². The second kappa shape index (κ2) is 11.2. The molecule has 1 aromatic rings. The SMILES string of the molecule is CCOC(=O)N1CCC(NC(=O)C[NH+]2CCc3cc(OCC)c(OCC)cc3C2)CC1. The molecule has 1 aromatic carbocycles. The molecule has 3 rings (SSSR count). The summed E-state index contributed by atoms with van der Waals surface area (Å²) in [5.74, 6) is 1.66. The molecule has 1 saturated heterocycles. The van der Waals surface area contributed by atoms with Crippen LogP contribution in [0.15, 0.2) is 12.1 Å². The molecule has 2 heterocycles. The smallest absolute Gasteiger partial charge is 0.409 e. The number of carbonyl (C=O) groups is 2. The molecule has 8 heteroatoms. The molecule has 2 amide bonds. The van der Waals surface area contributed by atoms with Crippen molar-refractivity contribution in [2.45, 2.75) is 52.6 Å². The first-order valence-electron chi connectivity index (χ1n) is 11.5. The number of carbonyl (C=O) groups excluding carboxylic acids is 2. The lowest BCUT2D eigenvalue weighted by molar-refractivity contribution is -0.908. The first-order valence-corrected chi connectivity index (χ1v) is 11.5. The zero-order chi connectivity index (χ0) is 22.2. The van der Waals surface area contributed by atoms with Gasteiger partial charge in [-0.05, 0) is 51.3 Å². The van der Waals surface area contributed by atoms with Crippen molar-refractivity contribution in [3.63, 3.8) is 0 Å². The topological polar surface area (TPSA) is 81.5 Å². The molecule has 1 unspecified atom stereocenters. The number of fused-ring (bicyclic) bond motifs is 1. The van der Waals surface area contributed by atoms with Crippen molar-refractivity contribution in [2.24, 2.45) is 0 Å². The summed E-state index contributed by atoms with van der Waals surface area (Å²) >= 11 is 0. The number of quaternary nitrogens is 1. The summed E-state index contributed by atoms with van der Waals surface area (Å²) in [6.45, 7) is 10.7. The van der Waals surface area contributed by atoms with Gasteiger partial charge >= 0.3 is 6.09 Å². The average Bonchev–Trinajstić information content (AvgIpc) is 2.75. The highest BCUT2D eigenvalue weighted by Crippen LogP contribution is 2.32. The summed E-state index contributed by atoms with van der Waals surface area (Å²) in [5.41, 5.74) is 2.51. The molecular weight excluding hydrogens is 398 g/mol. The van der Waals surface area contributed by atoms with E-state index in [0.717, 1.165) is 43.9 Å². The number of amides is 2. The molecule has 172 valence electrons. The van der Waals surface area contributed by atoms with E-state index < -0.39 is 0 Å². The lowest BCUT2D eigenvalue weighted by atomic mass is 9.98. The number of benzene rings is 1. The molecule has 1 fully saturated rings. The van der Waals surface area contributed by atoms with Crippen LogP contribution < -0.4 is 19.7 Å². The summed E-state index contributed by atoms with van der Waals surface area (Å²) in [5, 5.41) is 3.16. The zero-order valence-corrected chi connectivity index (χ0v) is 19.0. The fraction of sp³-hybridized carbons (Fsp3) is 0.652. The van der Waals surface area contributed by atoms with Gasteiger partial charge in [0.15, 0.2) is 18.0 Å². The summed E-state index contributed by atoms with van der Waals surface area (Å²) < 4.78 is 16.6. The van der Waals surface area contributed by atoms with Crippen molar-refractivity contribution in [1.82, 2.24) is 10.2 Å². The highest BCUT2D eigenvalue weighted by molar-refractivity contribution is 5.77. The third kappa shape index (κ3) is 6.26. The van der Waals surface area contributed by atoms with Gasteiger partial charge in [0.2, 0.25) is 0 Å². The molecule has 31 heavy (non-hydrogen) atoms. The largest absolute Gasteiger partial charge is 0.490 e. The Morgan fingerprint density at radius 1 is 1.03 bits per heavy atom. The fourth-order valence-corrected chi connectivity index (χ4v) is 4.33. The van der Waals surface area contributed by atoms with Crippen molar-refractivity contribution in [3.05, 3.63) is 23.3 Å². The van der Waals surface area contributed by atoms with E-state index in [1.165, 1.54) is 16.0 Å². The minimum absolute atomic E-state index is 0.0732. The van der Waals surface area contributed by atoms with Crippen LogP contribution >= 0.6 is 0 Å². The van der Waals surface area contributed by atoms with Crippen LogP contribution in [0.25, 0.3) is 0 Å². The molecule has 8 nitrogen and oxygen atoms in total. The zero-order valence-electron chi connectivity index (χ0n) is 19.0. The van der Waals surface area contributed by atoms with Gasteiger partial charge in [-0.1, -0.05) is 0 Å². The Bertz CT molecular complexity index is 762. The maximum absolute atomic E-state index is 12.6. The Morgan fingerprint density at radius 2 is 1.68 bits per heavy atom. The highest BCUT2D eigenvalue weighted by Gasteiger charge is 2.27. The highest BCUT2D eigenvalue weighted by atomic mass is 16.6. The molecule has 0 spiro atoms. The summed E-state index contributed by atoms with van der Waals surface area (Å²) in [4.78, 5) is 27.4. The number of hydrogen-bond donors (Lipinski definition) is 2. The van der Waals surface area contributed by atoms with Gasteiger partial charge in [-0.25, -0.2) is 4.79 Å². The summed E-state index contributed by atoms with van der Waals surface area (Å²) in [7, 11) is 0. The lowest BCUT2D eigenvalue weighted by Gasteiger charge is -2.32. The number of nitrogens with zero attached hydrogens (tertiary/aromatic N) is 1. The maximum Gasteiger partial charge on any atom is 0.409 e. The van der Waals surface area contributed by atoms with E-state index in [1.54, 1.807) is 4.90 Å².